The number of nitrogens with one attached hydrogen (secondary N) is 1. The zero-order chi connectivity index (χ0) is 15.7. The van der Waals surface area contributed by atoms with Gasteiger partial charge in [-0.1, -0.05) is 6.92 Å². The Bertz CT molecular complexity index is 468. The average molecular weight is 299 g/mol. The average Bonchev–Trinajstić information content (AvgIpc) is 2.90. The molecule has 0 saturated carbocycles. The standard InChI is InChI=1S/C14H21NO6/c1-3-11-10(14(17)18)9-12(21-11)13(16)15-5-4-6-20-8-7-19-2/h9H,3-8H2,1-2H3,(H,15,16)(H,17,18). The van der Waals surface area contributed by atoms with Crippen LogP contribution >= 0.6 is 0 Å². The molecule has 2 N–H and O–H groups in total. The van der Waals surface area contributed by atoms with Crippen molar-refractivity contribution in [1.29, 1.82) is 0 Å². The number of ether oxygens (including phenoxy) is 2. The number of methoxy groups -OCH3 is 1. The van der Waals surface area contributed by atoms with E-state index in [9.17, 15) is 9.59 Å². The van der Waals surface area contributed by atoms with Gasteiger partial charge in [-0.3, -0.25) is 4.79 Å². The van der Waals surface area contributed by atoms with Crippen LogP contribution in [0.15, 0.2) is 10.5 Å². The second-order valence-electron chi connectivity index (χ2n) is 4.32. The number of carbonyl (C=O) groups excluding carboxylic acids is 1. The number of hydrogen-bond donors (Lipinski definition) is 2. The molecule has 1 aromatic heterocycles. The Kier molecular flexibility index (Phi) is 7.49. The summed E-state index contributed by atoms with van der Waals surface area (Å²) in [6.45, 7) is 3.77. The Labute approximate surface area is 123 Å². The highest BCUT2D eigenvalue weighted by molar-refractivity contribution is 5.96. The largest absolute Gasteiger partial charge is 0.478 e. The van der Waals surface area contributed by atoms with Crippen LogP contribution in [-0.4, -0.2) is 50.5 Å². The first-order chi connectivity index (χ1) is 10.1. The molecule has 1 rings (SSSR count). The van der Waals surface area contributed by atoms with Crippen LogP contribution in [0, 0.1) is 0 Å². The predicted molar refractivity (Wildman–Crippen MR) is 74.7 cm³/mol. The SMILES string of the molecule is CCc1oc(C(=O)NCCCOCCOC)cc1C(=O)O. The third-order valence-electron chi connectivity index (χ3n) is 2.77. The van der Waals surface area contributed by atoms with Gasteiger partial charge in [-0.05, 0) is 6.42 Å². The molecule has 0 aromatic carbocycles. The Morgan fingerprint density at radius 3 is 2.67 bits per heavy atom. The molecule has 7 nitrogen and oxygen atoms in total. The Morgan fingerprint density at radius 1 is 1.33 bits per heavy atom. The van der Waals surface area contributed by atoms with Crippen molar-refractivity contribution in [3.8, 4) is 0 Å². The van der Waals surface area contributed by atoms with Crippen molar-refractivity contribution in [3.05, 3.63) is 23.2 Å². The van der Waals surface area contributed by atoms with E-state index in [4.69, 9.17) is 19.0 Å². The van der Waals surface area contributed by atoms with Gasteiger partial charge in [0.2, 0.25) is 0 Å². The van der Waals surface area contributed by atoms with Gasteiger partial charge in [0.1, 0.15) is 11.3 Å². The fourth-order valence-corrected chi connectivity index (χ4v) is 1.69. The minimum absolute atomic E-state index is 0.0181. The zero-order valence-electron chi connectivity index (χ0n) is 12.3. The summed E-state index contributed by atoms with van der Waals surface area (Å²) in [6.07, 6.45) is 1.07. The summed E-state index contributed by atoms with van der Waals surface area (Å²) in [4.78, 5) is 22.8. The molecule has 0 radical (unpaired) electrons. The summed E-state index contributed by atoms with van der Waals surface area (Å²) in [7, 11) is 1.60. The highest BCUT2D eigenvalue weighted by Gasteiger charge is 2.19. The number of carboxylic acids is 1. The molecule has 0 bridgehead atoms. The molecule has 0 atom stereocenters. The molecular weight excluding hydrogens is 278 g/mol. The van der Waals surface area contributed by atoms with Gasteiger partial charge in [0.25, 0.3) is 5.91 Å². The maximum Gasteiger partial charge on any atom is 0.339 e. The lowest BCUT2D eigenvalue weighted by Gasteiger charge is -2.04. The molecule has 0 unspecified atom stereocenters. The number of hydrogen-bond acceptors (Lipinski definition) is 5. The number of furan rings is 1. The van der Waals surface area contributed by atoms with Crippen LogP contribution in [0.5, 0.6) is 0 Å². The van der Waals surface area contributed by atoms with E-state index >= 15 is 0 Å². The second kappa shape index (κ2) is 9.15. The first kappa shape index (κ1) is 17.2. The van der Waals surface area contributed by atoms with Gasteiger partial charge in [-0.25, -0.2) is 4.79 Å². The van der Waals surface area contributed by atoms with Crippen LogP contribution in [0.25, 0.3) is 0 Å². The van der Waals surface area contributed by atoms with Crippen molar-refractivity contribution in [1.82, 2.24) is 5.32 Å². The Balaban J connectivity index is 2.37. The van der Waals surface area contributed by atoms with E-state index < -0.39 is 11.9 Å². The minimum atomic E-state index is -1.10. The molecule has 7 heteroatoms. The van der Waals surface area contributed by atoms with E-state index in [-0.39, 0.29) is 11.3 Å². The predicted octanol–water partition coefficient (Wildman–Crippen LogP) is 1.32. The lowest BCUT2D eigenvalue weighted by atomic mass is 10.2. The fraction of sp³-hybridized carbons (Fsp3) is 0.571. The van der Waals surface area contributed by atoms with E-state index in [1.165, 1.54) is 6.07 Å². The monoisotopic (exact) mass is 299 g/mol. The molecule has 1 heterocycles. The molecule has 21 heavy (non-hydrogen) atoms. The highest BCUT2D eigenvalue weighted by Crippen LogP contribution is 2.16. The van der Waals surface area contributed by atoms with Gasteiger partial charge < -0.3 is 24.3 Å². The summed E-state index contributed by atoms with van der Waals surface area (Å²) in [5, 5.41) is 11.6. The lowest BCUT2D eigenvalue weighted by Crippen LogP contribution is -2.25. The number of carbonyl (C=O) groups is 2. The Morgan fingerprint density at radius 2 is 2.10 bits per heavy atom. The smallest absolute Gasteiger partial charge is 0.339 e. The van der Waals surface area contributed by atoms with Crippen LogP contribution in [0.2, 0.25) is 0 Å². The molecular formula is C14H21NO6. The van der Waals surface area contributed by atoms with Crippen molar-refractivity contribution >= 4 is 11.9 Å². The van der Waals surface area contributed by atoms with E-state index in [1.807, 2.05) is 0 Å². The molecule has 1 aromatic rings. The fourth-order valence-electron chi connectivity index (χ4n) is 1.69. The van der Waals surface area contributed by atoms with E-state index in [2.05, 4.69) is 5.32 Å². The quantitative estimate of drug-likeness (QED) is 0.632. The molecule has 0 aliphatic carbocycles. The number of aromatic carboxylic acids is 1. The molecule has 0 saturated heterocycles. The molecule has 0 fully saturated rings. The number of rotatable bonds is 10. The van der Waals surface area contributed by atoms with Crippen LogP contribution in [0.1, 0.15) is 40.0 Å². The summed E-state index contributed by atoms with van der Waals surface area (Å²) in [5.74, 6) is -1.20. The number of carboxylic acid groups (broad SMARTS) is 1. The van der Waals surface area contributed by atoms with Crippen molar-refractivity contribution in [2.75, 3.05) is 33.5 Å². The first-order valence-electron chi connectivity index (χ1n) is 6.81. The van der Waals surface area contributed by atoms with Gasteiger partial charge in [0.05, 0.1) is 13.2 Å². The maximum atomic E-state index is 11.8. The van der Waals surface area contributed by atoms with Crippen molar-refractivity contribution in [3.63, 3.8) is 0 Å². The maximum absolute atomic E-state index is 11.8. The molecule has 1 amide bonds. The van der Waals surface area contributed by atoms with Gasteiger partial charge >= 0.3 is 5.97 Å². The molecule has 0 aliphatic rings. The molecule has 0 spiro atoms. The highest BCUT2D eigenvalue weighted by atomic mass is 16.5. The van der Waals surface area contributed by atoms with Crippen molar-refractivity contribution in [2.24, 2.45) is 0 Å². The molecule has 118 valence electrons. The second-order valence-corrected chi connectivity index (χ2v) is 4.32. The summed E-state index contributed by atoms with van der Waals surface area (Å²) in [5.41, 5.74) is 0.0329. The number of aryl methyl sites for hydroxylation is 1. The van der Waals surface area contributed by atoms with Crippen LogP contribution in [-0.2, 0) is 15.9 Å². The van der Waals surface area contributed by atoms with Crippen LogP contribution in [0.3, 0.4) is 0 Å². The van der Waals surface area contributed by atoms with E-state index in [1.54, 1.807) is 14.0 Å². The third kappa shape index (κ3) is 5.57. The van der Waals surface area contributed by atoms with Crippen LogP contribution in [0.4, 0.5) is 0 Å². The summed E-state index contributed by atoms with van der Waals surface area (Å²) in [6, 6.07) is 1.26. The van der Waals surface area contributed by atoms with Crippen molar-refractivity contribution < 1.29 is 28.6 Å². The van der Waals surface area contributed by atoms with Crippen molar-refractivity contribution in [2.45, 2.75) is 19.8 Å². The normalized spacial score (nSPS) is 10.6. The summed E-state index contributed by atoms with van der Waals surface area (Å²) < 4.78 is 15.3. The van der Waals surface area contributed by atoms with E-state index in [0.29, 0.717) is 45.0 Å². The lowest BCUT2D eigenvalue weighted by molar-refractivity contribution is 0.0685. The van der Waals surface area contributed by atoms with Gasteiger partial charge in [0, 0.05) is 32.7 Å². The zero-order valence-corrected chi connectivity index (χ0v) is 12.3. The van der Waals surface area contributed by atoms with Gasteiger partial charge in [-0.2, -0.15) is 0 Å². The summed E-state index contributed by atoms with van der Waals surface area (Å²) >= 11 is 0. The van der Waals surface area contributed by atoms with Crippen LogP contribution < -0.4 is 5.32 Å². The minimum Gasteiger partial charge on any atom is -0.478 e. The van der Waals surface area contributed by atoms with E-state index in [0.717, 1.165) is 0 Å². The topological polar surface area (TPSA) is 98.0 Å². The third-order valence-corrected chi connectivity index (χ3v) is 2.77. The van der Waals surface area contributed by atoms with Gasteiger partial charge in [0.15, 0.2) is 5.76 Å². The first-order valence-corrected chi connectivity index (χ1v) is 6.81. The number of amides is 1. The molecule has 0 aliphatic heterocycles. The Hall–Kier alpha value is -1.86. The van der Waals surface area contributed by atoms with Gasteiger partial charge in [-0.15, -0.1) is 0 Å².